The van der Waals surface area contributed by atoms with Crippen LogP contribution in [0.15, 0.2) is 0 Å². The van der Waals surface area contributed by atoms with E-state index in [-0.39, 0.29) is 0 Å². The Balaban J connectivity index is 5.54. The number of ether oxygens (including phenoxy) is 2. The zero-order valence-corrected chi connectivity index (χ0v) is 10.5. The Morgan fingerprint density at radius 2 is 1.00 bits per heavy atom. The fourth-order valence-corrected chi connectivity index (χ4v) is 0.760. The first-order valence-electron chi connectivity index (χ1n) is 5.00. The van der Waals surface area contributed by atoms with Crippen LogP contribution in [0.4, 0.5) is 52.7 Å². The van der Waals surface area contributed by atoms with E-state index in [1.54, 1.807) is 0 Å². The first-order valence-corrected chi connectivity index (χ1v) is 5.00. The van der Waals surface area contributed by atoms with Crippen molar-refractivity contribution in [1.82, 2.24) is 0 Å². The van der Waals surface area contributed by atoms with Crippen molar-refractivity contribution >= 4 is 0 Å². The lowest BCUT2D eigenvalue weighted by Gasteiger charge is -2.35. The third kappa shape index (κ3) is 4.53. The van der Waals surface area contributed by atoms with E-state index in [1.165, 1.54) is 0 Å². The lowest BCUT2D eigenvalue weighted by Crippen LogP contribution is -2.60. The van der Waals surface area contributed by atoms with Gasteiger partial charge in [-0.2, -0.15) is 48.3 Å². The summed E-state index contributed by atoms with van der Waals surface area (Å²) in [6.45, 7) is -3.62. The van der Waals surface area contributed by atoms with Crippen LogP contribution in [0.25, 0.3) is 0 Å². The van der Waals surface area contributed by atoms with E-state index in [0.717, 1.165) is 0 Å². The van der Waals surface area contributed by atoms with E-state index in [1.807, 2.05) is 4.74 Å². The van der Waals surface area contributed by atoms with E-state index in [9.17, 15) is 52.7 Å². The minimum Gasteiger partial charge on any atom is -0.387 e. The van der Waals surface area contributed by atoms with Gasteiger partial charge in [-0.1, -0.05) is 0 Å². The molecule has 3 nitrogen and oxygen atoms in total. The first kappa shape index (κ1) is 22.0. The van der Waals surface area contributed by atoms with Gasteiger partial charge in [-0.25, -0.2) is 13.9 Å². The molecule has 0 spiro atoms. The number of rotatable bonds is 7. The van der Waals surface area contributed by atoms with Gasteiger partial charge in [0.2, 0.25) is 0 Å². The molecular weight excluding hydrogens is 372 g/mol. The van der Waals surface area contributed by atoms with Crippen LogP contribution in [0.5, 0.6) is 0 Å². The molecule has 0 fully saturated rings. The maximum atomic E-state index is 12.9. The number of alkyl halides is 12. The molecule has 1 unspecified atom stereocenters. The number of halogens is 12. The van der Waals surface area contributed by atoms with Crippen LogP contribution >= 0.6 is 0 Å². The van der Waals surface area contributed by atoms with Crippen molar-refractivity contribution in [2.24, 2.45) is 0 Å². The summed E-state index contributed by atoms with van der Waals surface area (Å²) in [4.78, 5) is 0. The lowest BCUT2D eigenvalue weighted by molar-refractivity contribution is -0.530. The van der Waals surface area contributed by atoms with E-state index in [4.69, 9.17) is 5.11 Å². The van der Waals surface area contributed by atoms with Crippen LogP contribution in [0.2, 0.25) is 0 Å². The van der Waals surface area contributed by atoms with Crippen LogP contribution in [-0.2, 0) is 9.47 Å². The Hall–Kier alpha value is -0.960. The number of hydrogen-bond acceptors (Lipinski definition) is 3. The van der Waals surface area contributed by atoms with Gasteiger partial charge in [-0.05, 0) is 6.92 Å². The van der Waals surface area contributed by atoms with Gasteiger partial charge < -0.3 is 5.11 Å². The van der Waals surface area contributed by atoms with Gasteiger partial charge >= 0.3 is 30.6 Å². The molecule has 0 bridgehead atoms. The second-order valence-electron chi connectivity index (χ2n) is 4.05. The van der Waals surface area contributed by atoms with Gasteiger partial charge in [-0.3, -0.25) is 0 Å². The van der Waals surface area contributed by atoms with Crippen molar-refractivity contribution < 1.29 is 67.3 Å². The second kappa shape index (κ2) is 5.84. The van der Waals surface area contributed by atoms with Crippen LogP contribution < -0.4 is 0 Å². The molecule has 1 N–H and O–H groups in total. The fourth-order valence-electron chi connectivity index (χ4n) is 0.760. The quantitative estimate of drug-likeness (QED) is 0.688. The molecule has 0 heterocycles. The van der Waals surface area contributed by atoms with Crippen LogP contribution in [0, 0.1) is 0 Å². The number of aliphatic hydroxyl groups excluding tert-OH is 1. The van der Waals surface area contributed by atoms with Crippen molar-refractivity contribution in [2.75, 3.05) is 6.61 Å². The topological polar surface area (TPSA) is 38.7 Å². The molecule has 1 atom stereocenters. The summed E-state index contributed by atoms with van der Waals surface area (Å²) in [5.41, 5.74) is -5.88. The molecule has 0 aromatic heterocycles. The number of aliphatic hydroxyl groups is 1. The van der Waals surface area contributed by atoms with Gasteiger partial charge in [0, 0.05) is 0 Å². The molecule has 15 heteroatoms. The summed E-state index contributed by atoms with van der Waals surface area (Å²) in [7, 11) is 0. The Morgan fingerprint density at radius 3 is 1.30 bits per heavy atom. The second-order valence-corrected chi connectivity index (χ2v) is 4.05. The third-order valence-corrected chi connectivity index (χ3v) is 2.14. The van der Waals surface area contributed by atoms with Gasteiger partial charge in [-0.15, -0.1) is 0 Å². The molecule has 0 amide bonds. The van der Waals surface area contributed by atoms with Crippen molar-refractivity contribution in [2.45, 2.75) is 43.2 Å². The van der Waals surface area contributed by atoms with Gasteiger partial charge in [0.15, 0.2) is 0 Å². The summed E-state index contributed by atoms with van der Waals surface area (Å²) in [6.07, 6.45) is -32.0. The molecule has 0 saturated carbocycles. The molecule has 0 rings (SSSR count). The summed E-state index contributed by atoms with van der Waals surface area (Å²) >= 11 is 0. The van der Waals surface area contributed by atoms with Crippen LogP contribution in [0.3, 0.4) is 0 Å². The average Bonchev–Trinajstić information content (AvgIpc) is 2.24. The zero-order chi connectivity index (χ0) is 19.1. The monoisotopic (exact) mass is 378 g/mol. The Kier molecular flexibility index (Phi) is 5.60. The molecule has 0 aromatic carbocycles. The average molecular weight is 378 g/mol. The maximum Gasteiger partial charge on any atom is 0.453 e. The van der Waals surface area contributed by atoms with Crippen LogP contribution in [0.1, 0.15) is 6.92 Å². The van der Waals surface area contributed by atoms with Crippen molar-refractivity contribution in [3.63, 3.8) is 0 Å². The normalized spacial score (nSPS) is 18.0. The molecule has 0 aliphatic heterocycles. The van der Waals surface area contributed by atoms with Gasteiger partial charge in [0.1, 0.15) is 6.61 Å². The maximum absolute atomic E-state index is 12.9. The first-order chi connectivity index (χ1) is 9.72. The van der Waals surface area contributed by atoms with Gasteiger partial charge in [0.25, 0.3) is 5.67 Å². The smallest absolute Gasteiger partial charge is 0.387 e. The molecular formula is C8H6F12O3. The molecule has 140 valence electrons. The molecule has 23 heavy (non-hydrogen) atoms. The predicted molar refractivity (Wildman–Crippen MR) is 44.6 cm³/mol. The molecule has 0 saturated heterocycles. The predicted octanol–water partition coefficient (Wildman–Crippen LogP) is 3.67. The minimum absolute atomic E-state index is 1.01. The highest BCUT2D eigenvalue weighted by Gasteiger charge is 2.75. The highest BCUT2D eigenvalue weighted by molar-refractivity contribution is 4.92. The third-order valence-electron chi connectivity index (χ3n) is 2.14. The Labute approximate surface area is 118 Å². The van der Waals surface area contributed by atoms with Crippen molar-refractivity contribution in [3.8, 4) is 0 Å². The van der Waals surface area contributed by atoms with E-state index in [2.05, 4.69) is 4.74 Å². The van der Waals surface area contributed by atoms with Crippen molar-refractivity contribution in [1.29, 1.82) is 0 Å². The SMILES string of the molecule is CC(F)(C(F)(F)F)C(F)(F)OC(F)(F)C(F)(F)OC(F)(F)CO. The summed E-state index contributed by atoms with van der Waals surface area (Å²) < 4.78 is 154. The van der Waals surface area contributed by atoms with E-state index in [0.29, 0.717) is 0 Å². The summed E-state index contributed by atoms with van der Waals surface area (Å²) in [5, 5.41) is 7.84. The highest BCUT2D eigenvalue weighted by Crippen LogP contribution is 2.50. The van der Waals surface area contributed by atoms with E-state index < -0.39 is 49.8 Å². The molecule has 0 aliphatic rings. The fraction of sp³-hybridized carbons (Fsp3) is 1.00. The van der Waals surface area contributed by atoms with Gasteiger partial charge in [0.05, 0.1) is 0 Å². The lowest BCUT2D eigenvalue weighted by atomic mass is 10.1. The zero-order valence-electron chi connectivity index (χ0n) is 10.5. The summed E-state index contributed by atoms with van der Waals surface area (Å²) in [6, 6.07) is 0. The summed E-state index contributed by atoms with van der Waals surface area (Å²) in [5.74, 6) is 0. The Morgan fingerprint density at radius 1 is 0.652 bits per heavy atom. The van der Waals surface area contributed by atoms with Crippen molar-refractivity contribution in [3.05, 3.63) is 0 Å². The standard InChI is InChI=1S/C8H6F12O3/c1-3(9,5(12,13)14)6(15,16)23-8(19,20)7(17,18)22-4(10,11)2-21/h21H,2H2,1H3. The highest BCUT2D eigenvalue weighted by atomic mass is 19.4. The van der Waals surface area contributed by atoms with Crippen LogP contribution in [-0.4, -0.2) is 48.0 Å². The molecule has 0 aromatic rings. The molecule has 0 radical (unpaired) electrons. The minimum atomic E-state index is -6.83. The largest absolute Gasteiger partial charge is 0.453 e. The van der Waals surface area contributed by atoms with E-state index >= 15 is 0 Å². The molecule has 0 aliphatic carbocycles. The number of hydrogen-bond donors (Lipinski definition) is 1. The Bertz CT molecular complexity index is 415.